The fourth-order valence-corrected chi connectivity index (χ4v) is 2.50. The molecule has 0 aliphatic carbocycles. The van der Waals surface area contributed by atoms with Gasteiger partial charge in [0.2, 0.25) is 5.95 Å². The molecule has 134 valence electrons. The highest BCUT2D eigenvalue weighted by Crippen LogP contribution is 2.22. The first-order valence-electron chi connectivity index (χ1n) is 7.84. The maximum absolute atomic E-state index is 13.3. The van der Waals surface area contributed by atoms with Crippen molar-refractivity contribution in [3.63, 3.8) is 0 Å². The second kappa shape index (κ2) is 7.81. The molecule has 2 aromatic carbocycles. The lowest BCUT2D eigenvalue weighted by molar-refractivity contribution is 0.102. The molecule has 27 heavy (non-hydrogen) atoms. The number of anilines is 3. The van der Waals surface area contributed by atoms with Gasteiger partial charge < -0.3 is 10.6 Å². The van der Waals surface area contributed by atoms with Crippen LogP contribution in [0.1, 0.15) is 21.7 Å². The summed E-state index contributed by atoms with van der Waals surface area (Å²) in [5, 5.41) is 14.6. The number of benzene rings is 2. The van der Waals surface area contributed by atoms with Crippen LogP contribution in [0.2, 0.25) is 5.02 Å². The number of carbonyl (C=O) groups excluding carboxylic acids is 1. The van der Waals surface area contributed by atoms with Gasteiger partial charge in [0.1, 0.15) is 17.6 Å². The van der Waals surface area contributed by atoms with Gasteiger partial charge >= 0.3 is 0 Å². The van der Waals surface area contributed by atoms with Crippen LogP contribution in [0.5, 0.6) is 0 Å². The molecule has 0 aliphatic heterocycles. The Hall–Kier alpha value is -3.50. The van der Waals surface area contributed by atoms with E-state index in [1.54, 1.807) is 31.2 Å². The number of nitrogens with zero attached hydrogens (tertiary/aromatic N) is 3. The first kappa shape index (κ1) is 18.3. The molecule has 1 amide bonds. The van der Waals surface area contributed by atoms with Crippen molar-refractivity contribution >= 4 is 34.8 Å². The van der Waals surface area contributed by atoms with Gasteiger partial charge in [-0.3, -0.25) is 4.79 Å². The van der Waals surface area contributed by atoms with E-state index in [0.29, 0.717) is 22.6 Å². The zero-order valence-corrected chi connectivity index (χ0v) is 14.9. The van der Waals surface area contributed by atoms with E-state index in [-0.39, 0.29) is 16.7 Å². The summed E-state index contributed by atoms with van der Waals surface area (Å²) in [6.07, 6.45) is 0. The number of para-hydroxylation sites is 1. The predicted octanol–water partition coefficient (Wildman–Crippen LogP) is 4.45. The number of nitriles is 1. The number of halogens is 2. The lowest BCUT2D eigenvalue weighted by atomic mass is 10.2. The molecule has 0 unspecified atom stereocenters. The second-order valence-electron chi connectivity index (χ2n) is 5.58. The summed E-state index contributed by atoms with van der Waals surface area (Å²) in [6.45, 7) is 1.71. The summed E-state index contributed by atoms with van der Waals surface area (Å²) in [5.41, 5.74) is 1.88. The minimum Gasteiger partial charge on any atom is -0.324 e. The van der Waals surface area contributed by atoms with Crippen LogP contribution in [0.4, 0.5) is 21.7 Å². The van der Waals surface area contributed by atoms with Crippen molar-refractivity contribution in [2.75, 3.05) is 10.6 Å². The highest BCUT2D eigenvalue weighted by atomic mass is 35.5. The lowest BCUT2D eigenvalue weighted by Crippen LogP contribution is -2.16. The zero-order valence-electron chi connectivity index (χ0n) is 14.1. The Labute approximate surface area is 159 Å². The van der Waals surface area contributed by atoms with Crippen LogP contribution in [0, 0.1) is 24.1 Å². The van der Waals surface area contributed by atoms with Gasteiger partial charge in [0.25, 0.3) is 5.91 Å². The Balaban J connectivity index is 1.85. The summed E-state index contributed by atoms with van der Waals surface area (Å²) >= 11 is 5.77. The number of amides is 1. The van der Waals surface area contributed by atoms with Crippen molar-refractivity contribution < 1.29 is 9.18 Å². The first-order valence-corrected chi connectivity index (χ1v) is 8.22. The normalized spacial score (nSPS) is 10.1. The van der Waals surface area contributed by atoms with Crippen molar-refractivity contribution in [3.8, 4) is 6.07 Å². The molecule has 0 radical (unpaired) electrons. The monoisotopic (exact) mass is 381 g/mol. The average Bonchev–Trinajstić information content (AvgIpc) is 2.64. The first-order chi connectivity index (χ1) is 13.0. The molecule has 8 heteroatoms. The fourth-order valence-electron chi connectivity index (χ4n) is 2.32. The quantitative estimate of drug-likeness (QED) is 0.697. The number of hydrogen-bond donors (Lipinski definition) is 2. The van der Waals surface area contributed by atoms with E-state index < -0.39 is 11.7 Å². The molecule has 0 aliphatic rings. The van der Waals surface area contributed by atoms with E-state index in [0.717, 1.165) is 0 Å². The Bertz CT molecular complexity index is 1060. The molecule has 0 fully saturated rings. The van der Waals surface area contributed by atoms with Crippen molar-refractivity contribution in [1.82, 2.24) is 9.97 Å². The number of aromatic nitrogens is 2. The van der Waals surface area contributed by atoms with E-state index in [2.05, 4.69) is 20.6 Å². The fraction of sp³-hybridized carbons (Fsp3) is 0.0526. The summed E-state index contributed by atoms with van der Waals surface area (Å²) < 4.78 is 13.3. The van der Waals surface area contributed by atoms with Crippen molar-refractivity contribution in [2.24, 2.45) is 0 Å². The van der Waals surface area contributed by atoms with Gasteiger partial charge in [0.05, 0.1) is 16.3 Å². The molecule has 0 saturated carbocycles. The molecule has 6 nitrogen and oxygen atoms in total. The summed E-state index contributed by atoms with van der Waals surface area (Å²) in [4.78, 5) is 20.9. The third-order valence-corrected chi connectivity index (χ3v) is 3.85. The smallest absolute Gasteiger partial charge is 0.274 e. The van der Waals surface area contributed by atoms with Crippen molar-refractivity contribution in [3.05, 3.63) is 76.3 Å². The molecule has 3 rings (SSSR count). The van der Waals surface area contributed by atoms with Gasteiger partial charge in [0.15, 0.2) is 0 Å². The SMILES string of the molecule is Cc1cc(C(=O)Nc2ccccc2C#N)nc(Nc2ccc(F)c(Cl)c2)n1. The van der Waals surface area contributed by atoms with E-state index in [1.807, 2.05) is 6.07 Å². The van der Waals surface area contributed by atoms with Gasteiger partial charge in [-0.15, -0.1) is 0 Å². The number of hydrogen-bond acceptors (Lipinski definition) is 5. The van der Waals surface area contributed by atoms with Gasteiger partial charge in [0, 0.05) is 11.4 Å². The summed E-state index contributed by atoms with van der Waals surface area (Å²) in [6, 6.07) is 14.3. The lowest BCUT2D eigenvalue weighted by Gasteiger charge is -2.10. The molecule has 1 aromatic heterocycles. The number of carbonyl (C=O) groups is 1. The minimum atomic E-state index is -0.538. The second-order valence-corrected chi connectivity index (χ2v) is 5.99. The molecule has 3 aromatic rings. The number of aryl methyl sites for hydroxylation is 1. The van der Waals surface area contributed by atoms with Crippen LogP contribution in [-0.2, 0) is 0 Å². The van der Waals surface area contributed by atoms with Crippen LogP contribution in [0.3, 0.4) is 0 Å². The van der Waals surface area contributed by atoms with Crippen molar-refractivity contribution in [1.29, 1.82) is 5.26 Å². The Morgan fingerprint density at radius 3 is 2.70 bits per heavy atom. The molecule has 0 saturated heterocycles. The van der Waals surface area contributed by atoms with E-state index in [4.69, 9.17) is 16.9 Å². The van der Waals surface area contributed by atoms with Gasteiger partial charge in [-0.05, 0) is 43.3 Å². The zero-order chi connectivity index (χ0) is 19.4. The van der Waals surface area contributed by atoms with E-state index in [1.165, 1.54) is 24.3 Å². The Kier molecular flexibility index (Phi) is 5.29. The van der Waals surface area contributed by atoms with Crippen LogP contribution in [0.15, 0.2) is 48.5 Å². The molecule has 1 heterocycles. The van der Waals surface area contributed by atoms with Gasteiger partial charge in [-0.25, -0.2) is 14.4 Å². The third-order valence-electron chi connectivity index (χ3n) is 3.56. The van der Waals surface area contributed by atoms with Crippen LogP contribution < -0.4 is 10.6 Å². The predicted molar refractivity (Wildman–Crippen MR) is 101 cm³/mol. The molecular formula is C19H13ClFN5O. The van der Waals surface area contributed by atoms with E-state index >= 15 is 0 Å². The largest absolute Gasteiger partial charge is 0.324 e. The molecule has 0 atom stereocenters. The molecule has 0 bridgehead atoms. The van der Waals surface area contributed by atoms with Crippen molar-refractivity contribution in [2.45, 2.75) is 6.92 Å². The third kappa shape index (κ3) is 4.37. The molecule has 0 spiro atoms. The maximum Gasteiger partial charge on any atom is 0.274 e. The van der Waals surface area contributed by atoms with Gasteiger partial charge in [-0.1, -0.05) is 23.7 Å². The van der Waals surface area contributed by atoms with Gasteiger partial charge in [-0.2, -0.15) is 5.26 Å². The standard InChI is InChI=1S/C19H13ClFN5O/c1-11-8-17(18(27)25-16-5-3-2-4-12(16)10-22)26-19(23-11)24-13-6-7-15(21)14(20)9-13/h2-9H,1H3,(H,25,27)(H,23,24,26). The van der Waals surface area contributed by atoms with Crippen LogP contribution >= 0.6 is 11.6 Å². The van der Waals surface area contributed by atoms with Crippen LogP contribution in [0.25, 0.3) is 0 Å². The topological polar surface area (TPSA) is 90.7 Å². The Morgan fingerprint density at radius 1 is 1.19 bits per heavy atom. The highest BCUT2D eigenvalue weighted by Gasteiger charge is 2.13. The maximum atomic E-state index is 13.3. The Morgan fingerprint density at radius 2 is 1.96 bits per heavy atom. The summed E-state index contributed by atoms with van der Waals surface area (Å²) in [5.74, 6) is -0.858. The minimum absolute atomic E-state index is 0.0428. The van der Waals surface area contributed by atoms with E-state index in [9.17, 15) is 9.18 Å². The highest BCUT2D eigenvalue weighted by molar-refractivity contribution is 6.31. The summed E-state index contributed by atoms with van der Waals surface area (Å²) in [7, 11) is 0. The molecular weight excluding hydrogens is 369 g/mol. The molecule has 2 N–H and O–H groups in total. The van der Waals surface area contributed by atoms with Crippen LogP contribution in [-0.4, -0.2) is 15.9 Å². The average molecular weight is 382 g/mol. The number of nitrogens with one attached hydrogen (secondary N) is 2. The number of rotatable bonds is 4.